The van der Waals surface area contributed by atoms with E-state index in [2.05, 4.69) is 6.58 Å². The maximum Gasteiger partial charge on any atom is 0.410 e. The highest BCUT2D eigenvalue weighted by Gasteiger charge is 2.26. The van der Waals surface area contributed by atoms with E-state index in [1.165, 1.54) is 6.08 Å². The fraction of sp³-hybridized carbons (Fsp3) is 0.293. The van der Waals surface area contributed by atoms with Crippen LogP contribution in [0.4, 0.5) is 4.79 Å². The molecule has 9 nitrogen and oxygen atoms in total. The Morgan fingerprint density at radius 2 is 1.16 bits per heavy atom. The molecule has 0 saturated carbocycles. The first-order chi connectivity index (χ1) is 24.4. The van der Waals surface area contributed by atoms with Crippen LogP contribution in [-0.4, -0.2) is 84.6 Å². The van der Waals surface area contributed by atoms with Gasteiger partial charge in [-0.3, -0.25) is 9.59 Å². The highest BCUT2D eigenvalue weighted by molar-refractivity contribution is 5.95. The van der Waals surface area contributed by atoms with Gasteiger partial charge in [0.1, 0.15) is 30.8 Å². The van der Waals surface area contributed by atoms with Gasteiger partial charge in [-0.25, -0.2) is 4.79 Å². The topological polar surface area (TPSA) is 88.6 Å². The van der Waals surface area contributed by atoms with E-state index >= 15 is 0 Å². The number of likely N-dealkylation sites (tertiary alicyclic amines) is 1. The quantitative estimate of drug-likeness (QED) is 0.169. The molecule has 0 unspecified atom stereocenters. The molecule has 2 fully saturated rings. The minimum Gasteiger partial charge on any atom is -0.490 e. The Hall–Kier alpha value is -5.57. The first-order valence-electron chi connectivity index (χ1n) is 17.1. The van der Waals surface area contributed by atoms with E-state index in [1.54, 1.807) is 9.80 Å². The largest absolute Gasteiger partial charge is 0.490 e. The van der Waals surface area contributed by atoms with E-state index in [1.807, 2.05) is 109 Å². The van der Waals surface area contributed by atoms with Gasteiger partial charge < -0.3 is 28.9 Å². The summed E-state index contributed by atoms with van der Waals surface area (Å²) in [7, 11) is 0. The number of nitrogens with zero attached hydrogens (tertiary/aromatic N) is 3. The summed E-state index contributed by atoms with van der Waals surface area (Å²) < 4.78 is 17.4. The van der Waals surface area contributed by atoms with Crippen molar-refractivity contribution in [2.24, 2.45) is 0 Å². The zero-order valence-electron chi connectivity index (χ0n) is 28.5. The summed E-state index contributed by atoms with van der Waals surface area (Å²) in [6.45, 7) is 9.35. The van der Waals surface area contributed by atoms with Crippen LogP contribution in [-0.2, 0) is 11.3 Å². The van der Waals surface area contributed by atoms with E-state index in [0.29, 0.717) is 51.4 Å². The lowest BCUT2D eigenvalue weighted by atomic mass is 10.0. The van der Waals surface area contributed by atoms with Gasteiger partial charge in [-0.1, -0.05) is 66.7 Å². The highest BCUT2D eigenvalue weighted by atomic mass is 16.6. The SMILES string of the molecule is C=CCOC(=O)N1CCN(C(=O)c2ccc(-c3ccc(OCc4ccc(OC5CCN(C(=O)c6ccc(C)cc6)CC5)cc4)cc3)cc2)CC1. The van der Waals surface area contributed by atoms with Crippen LogP contribution in [0.25, 0.3) is 11.1 Å². The average molecular weight is 674 g/mol. The molecule has 2 aliphatic heterocycles. The van der Waals surface area contributed by atoms with Gasteiger partial charge in [0.2, 0.25) is 0 Å². The molecule has 4 aromatic rings. The van der Waals surface area contributed by atoms with E-state index < -0.39 is 0 Å². The molecule has 0 bridgehead atoms. The van der Waals surface area contributed by atoms with Crippen molar-refractivity contribution in [3.63, 3.8) is 0 Å². The molecule has 0 N–H and O–H groups in total. The molecular formula is C41H43N3O6. The summed E-state index contributed by atoms with van der Waals surface area (Å²) in [5, 5.41) is 0. The fourth-order valence-electron chi connectivity index (χ4n) is 6.12. The van der Waals surface area contributed by atoms with Gasteiger partial charge in [0, 0.05) is 63.2 Å². The minimum absolute atomic E-state index is 0.0495. The van der Waals surface area contributed by atoms with Crippen LogP contribution < -0.4 is 9.47 Å². The van der Waals surface area contributed by atoms with Crippen molar-refractivity contribution in [1.29, 1.82) is 0 Å². The van der Waals surface area contributed by atoms with Crippen LogP contribution in [0.15, 0.2) is 110 Å². The monoisotopic (exact) mass is 673 g/mol. The van der Waals surface area contributed by atoms with Crippen LogP contribution in [0.2, 0.25) is 0 Å². The third kappa shape index (κ3) is 8.71. The molecule has 2 saturated heterocycles. The number of carbonyl (C=O) groups excluding carboxylic acids is 3. The molecule has 0 aliphatic carbocycles. The van der Waals surface area contributed by atoms with Crippen LogP contribution in [0.1, 0.15) is 44.7 Å². The molecule has 258 valence electrons. The molecule has 2 aliphatic rings. The number of hydrogen-bond donors (Lipinski definition) is 0. The van der Waals surface area contributed by atoms with Crippen LogP contribution >= 0.6 is 0 Å². The van der Waals surface area contributed by atoms with Gasteiger partial charge in [0.15, 0.2) is 0 Å². The number of aryl methyl sites for hydroxylation is 1. The van der Waals surface area contributed by atoms with Crippen molar-refractivity contribution in [3.8, 4) is 22.6 Å². The normalized spacial score (nSPS) is 14.9. The van der Waals surface area contributed by atoms with Crippen molar-refractivity contribution in [1.82, 2.24) is 14.7 Å². The van der Waals surface area contributed by atoms with Gasteiger partial charge in [-0.15, -0.1) is 0 Å². The molecule has 50 heavy (non-hydrogen) atoms. The summed E-state index contributed by atoms with van der Waals surface area (Å²) in [5.41, 5.74) is 5.55. The Morgan fingerprint density at radius 1 is 0.660 bits per heavy atom. The number of rotatable bonds is 10. The third-order valence-corrected chi connectivity index (χ3v) is 9.13. The predicted molar refractivity (Wildman–Crippen MR) is 192 cm³/mol. The summed E-state index contributed by atoms with van der Waals surface area (Å²) in [5.74, 6) is 1.62. The standard InChI is InChI=1S/C41H43N3O6/c1-3-28-48-41(47)44-26-24-43(25-27-44)40(46)35-12-10-32(11-13-35)33-14-18-36(19-15-33)49-29-31-6-16-37(17-7-31)50-38-20-22-42(23-21-38)39(45)34-8-4-30(2)5-9-34/h3-19,38H,1,20-29H2,2H3. The van der Waals surface area contributed by atoms with E-state index in [9.17, 15) is 14.4 Å². The Balaban J connectivity index is 0.928. The summed E-state index contributed by atoms with van der Waals surface area (Å²) in [4.78, 5) is 43.2. The molecule has 2 heterocycles. The number of benzene rings is 4. The summed E-state index contributed by atoms with van der Waals surface area (Å²) in [6.07, 6.45) is 2.84. The van der Waals surface area contributed by atoms with E-state index in [-0.39, 0.29) is 30.6 Å². The number of amides is 3. The number of piperidine rings is 1. The van der Waals surface area contributed by atoms with Gasteiger partial charge in [0.25, 0.3) is 11.8 Å². The predicted octanol–water partition coefficient (Wildman–Crippen LogP) is 7.01. The maximum absolute atomic E-state index is 13.1. The zero-order chi connectivity index (χ0) is 34.9. The summed E-state index contributed by atoms with van der Waals surface area (Å²) >= 11 is 0. The number of hydrogen-bond acceptors (Lipinski definition) is 6. The molecule has 0 atom stereocenters. The lowest BCUT2D eigenvalue weighted by molar-refractivity contribution is 0.0580. The maximum atomic E-state index is 13.1. The molecule has 4 aromatic carbocycles. The van der Waals surface area contributed by atoms with Crippen molar-refractivity contribution in [3.05, 3.63) is 132 Å². The molecule has 9 heteroatoms. The third-order valence-electron chi connectivity index (χ3n) is 9.13. The van der Waals surface area contributed by atoms with Crippen molar-refractivity contribution in [2.75, 3.05) is 45.9 Å². The Bertz CT molecular complexity index is 1760. The summed E-state index contributed by atoms with van der Waals surface area (Å²) in [6, 6.07) is 31.2. The molecular weight excluding hydrogens is 630 g/mol. The number of ether oxygens (including phenoxy) is 3. The molecule has 6 rings (SSSR count). The van der Waals surface area contributed by atoms with Crippen LogP contribution in [0.5, 0.6) is 11.5 Å². The van der Waals surface area contributed by atoms with Crippen LogP contribution in [0, 0.1) is 6.92 Å². The number of carbonyl (C=O) groups is 3. The second kappa shape index (κ2) is 16.2. The van der Waals surface area contributed by atoms with Crippen molar-refractivity contribution >= 4 is 17.9 Å². The Kier molecular flexibility index (Phi) is 11.1. The second-order valence-electron chi connectivity index (χ2n) is 12.7. The molecule has 0 spiro atoms. The van der Waals surface area contributed by atoms with Crippen LogP contribution in [0.3, 0.4) is 0 Å². The van der Waals surface area contributed by atoms with Gasteiger partial charge in [0.05, 0.1) is 0 Å². The van der Waals surface area contributed by atoms with E-state index in [0.717, 1.165) is 52.2 Å². The lowest BCUT2D eigenvalue weighted by Gasteiger charge is -2.34. The van der Waals surface area contributed by atoms with Crippen molar-refractivity contribution < 1.29 is 28.6 Å². The van der Waals surface area contributed by atoms with Gasteiger partial charge in [-0.2, -0.15) is 0 Å². The Morgan fingerprint density at radius 3 is 1.74 bits per heavy atom. The fourth-order valence-corrected chi connectivity index (χ4v) is 6.12. The van der Waals surface area contributed by atoms with Gasteiger partial charge >= 0.3 is 6.09 Å². The Labute approximate surface area is 293 Å². The zero-order valence-corrected chi connectivity index (χ0v) is 28.5. The first kappa shape index (κ1) is 34.3. The lowest BCUT2D eigenvalue weighted by Crippen LogP contribution is -2.50. The number of piperazine rings is 1. The average Bonchev–Trinajstić information content (AvgIpc) is 3.17. The van der Waals surface area contributed by atoms with Crippen molar-refractivity contribution in [2.45, 2.75) is 32.5 Å². The first-order valence-corrected chi connectivity index (χ1v) is 17.1. The molecule has 3 amide bonds. The molecule has 0 radical (unpaired) electrons. The van der Waals surface area contributed by atoms with E-state index in [4.69, 9.17) is 14.2 Å². The molecule has 0 aromatic heterocycles. The minimum atomic E-state index is -0.379. The smallest absolute Gasteiger partial charge is 0.410 e. The van der Waals surface area contributed by atoms with Gasteiger partial charge in [-0.05, 0) is 72.1 Å². The second-order valence-corrected chi connectivity index (χ2v) is 12.7. The highest BCUT2D eigenvalue weighted by Crippen LogP contribution is 2.25.